The van der Waals surface area contributed by atoms with E-state index >= 15 is 0 Å². The number of ether oxygens (including phenoxy) is 2. The number of hydrogen-bond acceptors (Lipinski definition) is 6. The summed E-state index contributed by atoms with van der Waals surface area (Å²) < 4.78 is 13.0. The van der Waals surface area contributed by atoms with E-state index in [4.69, 9.17) is 31.8 Å². The summed E-state index contributed by atoms with van der Waals surface area (Å²) in [5.41, 5.74) is 9.06. The fourth-order valence-electron chi connectivity index (χ4n) is 4.38. The third kappa shape index (κ3) is 4.09. The fraction of sp³-hybridized carbons (Fsp3) is 0.292. The molecule has 1 aliphatic rings. The number of nitrogens with two attached hydrogens (primary N) is 1. The number of H-pyrrole nitrogens is 1. The van der Waals surface area contributed by atoms with E-state index in [0.717, 1.165) is 52.0 Å². The number of rotatable bonds is 7. The number of aromatic amines is 1. The van der Waals surface area contributed by atoms with Gasteiger partial charge in [-0.1, -0.05) is 40.1 Å². The topological polar surface area (TPSA) is 89.9 Å². The van der Waals surface area contributed by atoms with Crippen LogP contribution in [-0.4, -0.2) is 29.2 Å². The standard InChI is InChI=1S/C24H24ClN5O2S/c1-31-17-8-9-18(32-2)19(12-17)33-23-28-20-21(26)27-14-30(22(20)29-23)13-24(10-3-11-24)15-4-6-16(25)7-5-15/h4-9,12,14H,3,10-11,13H2,1-2H3,(H2,26,28,29)/p+1. The van der Waals surface area contributed by atoms with Gasteiger partial charge in [0.25, 0.3) is 5.65 Å². The number of imidazole rings is 1. The average Bonchev–Trinajstić information content (AvgIpc) is 3.23. The van der Waals surface area contributed by atoms with Crippen molar-refractivity contribution >= 4 is 40.3 Å². The SMILES string of the molecule is COc1ccc(OC)c(Sc2nc3c([nH]2)c(N)nc[n+]3CC2(c3ccc(Cl)cc3)CCC2)c1. The highest BCUT2D eigenvalue weighted by Crippen LogP contribution is 2.44. The molecule has 0 radical (unpaired) electrons. The van der Waals surface area contributed by atoms with E-state index in [9.17, 15) is 0 Å². The molecule has 33 heavy (non-hydrogen) atoms. The molecule has 3 N–H and O–H groups in total. The summed E-state index contributed by atoms with van der Waals surface area (Å²) >= 11 is 7.59. The Hall–Kier alpha value is -2.97. The molecule has 1 saturated carbocycles. The Bertz CT molecular complexity index is 1300. The van der Waals surface area contributed by atoms with Crippen molar-refractivity contribution in [3.63, 3.8) is 0 Å². The minimum atomic E-state index is 0.0439. The molecule has 1 aliphatic carbocycles. The number of halogens is 1. The zero-order chi connectivity index (χ0) is 23.0. The van der Waals surface area contributed by atoms with Crippen molar-refractivity contribution in [2.24, 2.45) is 0 Å². The summed E-state index contributed by atoms with van der Waals surface area (Å²) in [6.45, 7) is 0.774. The van der Waals surface area contributed by atoms with E-state index in [-0.39, 0.29) is 5.41 Å². The van der Waals surface area contributed by atoms with E-state index < -0.39 is 0 Å². The van der Waals surface area contributed by atoms with Gasteiger partial charge in [0.05, 0.1) is 25.7 Å². The van der Waals surface area contributed by atoms with Crippen molar-refractivity contribution in [3.8, 4) is 11.5 Å². The molecular weight excluding hydrogens is 458 g/mol. The molecule has 0 atom stereocenters. The van der Waals surface area contributed by atoms with Gasteiger partial charge in [0.1, 0.15) is 11.5 Å². The third-order valence-corrected chi connectivity index (χ3v) is 7.52. The molecule has 7 nitrogen and oxygen atoms in total. The first-order valence-electron chi connectivity index (χ1n) is 10.7. The highest BCUT2D eigenvalue weighted by molar-refractivity contribution is 7.99. The van der Waals surface area contributed by atoms with Crippen LogP contribution in [0.25, 0.3) is 11.2 Å². The molecule has 0 saturated heterocycles. The van der Waals surface area contributed by atoms with Gasteiger partial charge in [-0.2, -0.15) is 0 Å². The van der Waals surface area contributed by atoms with Gasteiger partial charge < -0.3 is 20.2 Å². The Kier molecular flexibility index (Phi) is 5.80. The van der Waals surface area contributed by atoms with Gasteiger partial charge in [0, 0.05) is 10.4 Å². The van der Waals surface area contributed by atoms with E-state index in [1.165, 1.54) is 23.7 Å². The lowest BCUT2D eigenvalue weighted by molar-refractivity contribution is -0.686. The number of anilines is 1. The third-order valence-electron chi connectivity index (χ3n) is 6.35. The Morgan fingerprint density at radius 1 is 1.15 bits per heavy atom. The van der Waals surface area contributed by atoms with E-state index in [1.54, 1.807) is 20.5 Å². The van der Waals surface area contributed by atoms with Crippen LogP contribution >= 0.6 is 23.4 Å². The first kappa shape index (κ1) is 21.9. The number of nitrogens with zero attached hydrogens (tertiary/aromatic N) is 3. The molecule has 4 aromatic rings. The van der Waals surface area contributed by atoms with Gasteiger partial charge in [-0.25, -0.2) is 4.57 Å². The lowest BCUT2D eigenvalue weighted by Gasteiger charge is -2.41. The zero-order valence-corrected chi connectivity index (χ0v) is 20.0. The maximum Gasteiger partial charge on any atom is 0.294 e. The number of nitrogens with one attached hydrogen (secondary N) is 1. The summed E-state index contributed by atoms with van der Waals surface area (Å²) in [5.74, 6) is 1.92. The zero-order valence-electron chi connectivity index (χ0n) is 18.5. The molecule has 1 fully saturated rings. The van der Waals surface area contributed by atoms with Crippen LogP contribution in [0.3, 0.4) is 0 Å². The number of benzene rings is 2. The Morgan fingerprint density at radius 3 is 2.61 bits per heavy atom. The number of fused-ring (bicyclic) bond motifs is 1. The minimum absolute atomic E-state index is 0.0439. The molecule has 0 bridgehead atoms. The fourth-order valence-corrected chi connectivity index (χ4v) is 5.43. The molecule has 170 valence electrons. The van der Waals surface area contributed by atoms with Crippen molar-refractivity contribution in [2.45, 2.75) is 41.3 Å². The lowest BCUT2D eigenvalue weighted by Crippen LogP contribution is -2.50. The second kappa shape index (κ2) is 8.76. The quantitative estimate of drug-likeness (QED) is 0.369. The van der Waals surface area contributed by atoms with E-state index in [1.807, 2.05) is 30.3 Å². The second-order valence-electron chi connectivity index (χ2n) is 8.26. The maximum atomic E-state index is 6.21. The Balaban J connectivity index is 1.51. The van der Waals surface area contributed by atoms with Gasteiger partial charge in [-0.05, 0) is 60.5 Å². The summed E-state index contributed by atoms with van der Waals surface area (Å²) in [7, 11) is 3.29. The van der Waals surface area contributed by atoms with Crippen molar-refractivity contribution in [1.29, 1.82) is 0 Å². The normalized spacial score (nSPS) is 14.8. The van der Waals surface area contributed by atoms with Crippen LogP contribution in [0.2, 0.25) is 5.02 Å². The van der Waals surface area contributed by atoms with Crippen LogP contribution < -0.4 is 19.8 Å². The van der Waals surface area contributed by atoms with Gasteiger partial charge in [0.2, 0.25) is 17.3 Å². The molecule has 9 heteroatoms. The summed E-state index contributed by atoms with van der Waals surface area (Å²) in [6.07, 6.45) is 5.21. The first-order valence-corrected chi connectivity index (χ1v) is 11.9. The number of nitrogen functional groups attached to an aromatic ring is 1. The van der Waals surface area contributed by atoms with Crippen LogP contribution in [0.15, 0.2) is 58.8 Å². The average molecular weight is 483 g/mol. The summed E-state index contributed by atoms with van der Waals surface area (Å²) in [4.78, 5) is 13.6. The monoisotopic (exact) mass is 482 g/mol. The second-order valence-corrected chi connectivity index (χ2v) is 9.72. The summed E-state index contributed by atoms with van der Waals surface area (Å²) in [5, 5.41) is 1.46. The van der Waals surface area contributed by atoms with Gasteiger partial charge in [0.15, 0.2) is 5.52 Å². The van der Waals surface area contributed by atoms with Crippen LogP contribution in [0.5, 0.6) is 11.5 Å². The molecule has 0 unspecified atom stereocenters. The van der Waals surface area contributed by atoms with Crippen LogP contribution in [0, 0.1) is 0 Å². The lowest BCUT2D eigenvalue weighted by atomic mass is 9.64. The smallest absolute Gasteiger partial charge is 0.294 e. The highest BCUT2D eigenvalue weighted by Gasteiger charge is 2.41. The molecule has 0 aliphatic heterocycles. The molecule has 2 heterocycles. The number of aromatic nitrogens is 4. The number of hydrogen-bond donors (Lipinski definition) is 2. The maximum absolute atomic E-state index is 6.21. The molecular formula is C24H25ClN5O2S+. The van der Waals surface area contributed by atoms with Crippen LogP contribution in [0.1, 0.15) is 24.8 Å². The van der Waals surface area contributed by atoms with Crippen LogP contribution in [0.4, 0.5) is 5.82 Å². The minimum Gasteiger partial charge on any atom is -0.497 e. The van der Waals surface area contributed by atoms with Gasteiger partial charge in [-0.3, -0.25) is 0 Å². The molecule has 0 spiro atoms. The molecule has 2 aromatic heterocycles. The van der Waals surface area contributed by atoms with Crippen molar-refractivity contribution < 1.29 is 14.0 Å². The predicted octanol–water partition coefficient (Wildman–Crippen LogP) is 4.77. The summed E-state index contributed by atoms with van der Waals surface area (Å²) in [6, 6.07) is 13.9. The Morgan fingerprint density at radius 2 is 1.94 bits per heavy atom. The van der Waals surface area contributed by atoms with Crippen molar-refractivity contribution in [2.75, 3.05) is 20.0 Å². The van der Waals surface area contributed by atoms with Crippen LogP contribution in [-0.2, 0) is 12.0 Å². The number of methoxy groups -OCH3 is 2. The molecule has 0 amide bonds. The van der Waals surface area contributed by atoms with E-state index in [0.29, 0.717) is 11.0 Å². The van der Waals surface area contributed by atoms with E-state index in [2.05, 4.69) is 26.7 Å². The molecule has 5 rings (SSSR count). The van der Waals surface area contributed by atoms with Gasteiger partial charge >= 0.3 is 0 Å². The highest BCUT2D eigenvalue weighted by atomic mass is 35.5. The largest absolute Gasteiger partial charge is 0.497 e. The Labute approximate surface area is 201 Å². The molecule has 2 aromatic carbocycles. The van der Waals surface area contributed by atoms with Gasteiger partial charge in [-0.15, -0.1) is 0 Å². The van der Waals surface area contributed by atoms with Crippen molar-refractivity contribution in [3.05, 3.63) is 59.4 Å². The van der Waals surface area contributed by atoms with Crippen molar-refractivity contribution in [1.82, 2.24) is 15.0 Å². The predicted molar refractivity (Wildman–Crippen MR) is 129 cm³/mol. The first-order chi connectivity index (χ1) is 16.0.